The highest BCUT2D eigenvalue weighted by Gasteiger charge is 2.21. The van der Waals surface area contributed by atoms with E-state index < -0.39 is 0 Å². The lowest BCUT2D eigenvalue weighted by Crippen LogP contribution is -2.11. The van der Waals surface area contributed by atoms with Gasteiger partial charge in [-0.25, -0.2) is 0 Å². The van der Waals surface area contributed by atoms with E-state index in [0.717, 1.165) is 6.61 Å². The summed E-state index contributed by atoms with van der Waals surface area (Å²) in [4.78, 5) is 0. The Labute approximate surface area is 98.8 Å². The fraction of sp³-hybridized carbons (Fsp3) is 0.600. The van der Waals surface area contributed by atoms with Crippen LogP contribution < -0.4 is 0 Å². The Bertz CT molecular complexity index is 288. The molecule has 0 N–H and O–H groups in total. The molecule has 0 spiro atoms. The summed E-state index contributed by atoms with van der Waals surface area (Å²) in [6, 6.07) is 10.9. The molecule has 1 aromatic carbocycles. The summed E-state index contributed by atoms with van der Waals surface area (Å²) in [6.45, 7) is 3.24. The van der Waals surface area contributed by atoms with Gasteiger partial charge in [-0.05, 0) is 37.2 Å². The zero-order chi connectivity index (χ0) is 11.2. The van der Waals surface area contributed by atoms with Crippen molar-refractivity contribution in [3.8, 4) is 0 Å². The topological polar surface area (TPSA) is 9.23 Å². The quantitative estimate of drug-likeness (QED) is 0.721. The molecule has 88 valence electrons. The van der Waals surface area contributed by atoms with Crippen molar-refractivity contribution < 1.29 is 4.74 Å². The van der Waals surface area contributed by atoms with Crippen molar-refractivity contribution in [2.45, 2.75) is 51.0 Å². The molecule has 1 nitrogen and oxygen atoms in total. The van der Waals surface area contributed by atoms with Crippen molar-refractivity contribution >= 4 is 0 Å². The van der Waals surface area contributed by atoms with E-state index in [4.69, 9.17) is 4.74 Å². The van der Waals surface area contributed by atoms with Crippen LogP contribution in [0.3, 0.4) is 0 Å². The van der Waals surface area contributed by atoms with Gasteiger partial charge in [-0.15, -0.1) is 0 Å². The molecule has 1 aliphatic rings. The molecule has 1 heteroatoms. The molecule has 0 bridgehead atoms. The van der Waals surface area contributed by atoms with Gasteiger partial charge >= 0.3 is 0 Å². The second-order valence-electron chi connectivity index (χ2n) is 4.77. The number of benzene rings is 1. The Balaban J connectivity index is 1.99. The minimum absolute atomic E-state index is 0.511. The van der Waals surface area contributed by atoms with Crippen LogP contribution >= 0.6 is 0 Å². The molecule has 0 aromatic heterocycles. The van der Waals surface area contributed by atoms with Gasteiger partial charge < -0.3 is 4.74 Å². The highest BCUT2D eigenvalue weighted by molar-refractivity contribution is 5.19. The first-order valence-electron chi connectivity index (χ1n) is 6.56. The molecule has 16 heavy (non-hydrogen) atoms. The Morgan fingerprint density at radius 2 is 2.12 bits per heavy atom. The van der Waals surface area contributed by atoms with Gasteiger partial charge in [-0.3, -0.25) is 0 Å². The maximum atomic E-state index is 5.75. The van der Waals surface area contributed by atoms with Gasteiger partial charge in [-0.2, -0.15) is 0 Å². The summed E-state index contributed by atoms with van der Waals surface area (Å²) in [5.41, 5.74) is 1.49. The van der Waals surface area contributed by atoms with Crippen LogP contribution in [0.25, 0.3) is 0 Å². The Hall–Kier alpha value is -0.820. The lowest BCUT2D eigenvalue weighted by atomic mass is 9.89. The Morgan fingerprint density at radius 3 is 2.75 bits per heavy atom. The van der Waals surface area contributed by atoms with E-state index in [2.05, 4.69) is 37.3 Å². The zero-order valence-corrected chi connectivity index (χ0v) is 10.2. The summed E-state index contributed by atoms with van der Waals surface area (Å²) in [5.74, 6) is 0.689. The number of hydrogen-bond acceptors (Lipinski definition) is 1. The van der Waals surface area contributed by atoms with Gasteiger partial charge in [0.25, 0.3) is 0 Å². The van der Waals surface area contributed by atoms with Crippen LogP contribution in [-0.4, -0.2) is 12.7 Å². The molecule has 1 fully saturated rings. The molecule has 0 radical (unpaired) electrons. The summed E-state index contributed by atoms with van der Waals surface area (Å²) < 4.78 is 5.75. The molecule has 2 rings (SSSR count). The van der Waals surface area contributed by atoms with Gasteiger partial charge in [-0.1, -0.05) is 43.7 Å². The van der Waals surface area contributed by atoms with E-state index in [1.807, 2.05) is 0 Å². The minimum atomic E-state index is 0.511. The molecular formula is C15H22O. The highest BCUT2D eigenvalue weighted by atomic mass is 16.5. The van der Waals surface area contributed by atoms with E-state index in [9.17, 15) is 0 Å². The third kappa shape index (κ3) is 3.08. The first kappa shape index (κ1) is 11.7. The molecule has 2 unspecified atom stereocenters. The second-order valence-corrected chi connectivity index (χ2v) is 4.77. The third-order valence-electron chi connectivity index (χ3n) is 3.48. The van der Waals surface area contributed by atoms with Crippen molar-refractivity contribution in [2.24, 2.45) is 0 Å². The van der Waals surface area contributed by atoms with Crippen molar-refractivity contribution in [1.29, 1.82) is 0 Å². The first-order valence-corrected chi connectivity index (χ1v) is 6.56. The largest absolute Gasteiger partial charge is 0.378 e. The Morgan fingerprint density at radius 1 is 1.31 bits per heavy atom. The monoisotopic (exact) mass is 218 g/mol. The fourth-order valence-electron chi connectivity index (χ4n) is 2.64. The lowest BCUT2D eigenvalue weighted by Gasteiger charge is -2.20. The van der Waals surface area contributed by atoms with E-state index >= 15 is 0 Å². The molecule has 1 aromatic rings. The highest BCUT2D eigenvalue weighted by Crippen LogP contribution is 2.30. The van der Waals surface area contributed by atoms with Gasteiger partial charge in [0.1, 0.15) is 0 Å². The number of hydrogen-bond donors (Lipinski definition) is 0. The van der Waals surface area contributed by atoms with Crippen LogP contribution in [0.15, 0.2) is 30.3 Å². The van der Waals surface area contributed by atoms with Crippen LogP contribution in [0.1, 0.15) is 50.5 Å². The van der Waals surface area contributed by atoms with E-state index in [1.165, 1.54) is 37.7 Å². The van der Waals surface area contributed by atoms with Crippen LogP contribution in [-0.2, 0) is 4.74 Å². The van der Waals surface area contributed by atoms with E-state index in [1.54, 1.807) is 0 Å². The minimum Gasteiger partial charge on any atom is -0.378 e. The van der Waals surface area contributed by atoms with Crippen molar-refractivity contribution in [3.63, 3.8) is 0 Å². The van der Waals surface area contributed by atoms with Crippen molar-refractivity contribution in [1.82, 2.24) is 0 Å². The fourth-order valence-corrected chi connectivity index (χ4v) is 2.64. The second kappa shape index (κ2) is 6.05. The van der Waals surface area contributed by atoms with Crippen LogP contribution in [0, 0.1) is 0 Å². The molecule has 0 aliphatic carbocycles. The van der Waals surface area contributed by atoms with Gasteiger partial charge in [0, 0.05) is 6.61 Å². The van der Waals surface area contributed by atoms with Crippen LogP contribution in [0.4, 0.5) is 0 Å². The predicted octanol–water partition coefficient (Wildman–Crippen LogP) is 4.14. The Kier molecular flexibility index (Phi) is 4.41. The normalized spacial score (nSPS) is 22.2. The van der Waals surface area contributed by atoms with Crippen molar-refractivity contribution in [2.75, 3.05) is 6.61 Å². The molecule has 2 atom stereocenters. The third-order valence-corrected chi connectivity index (χ3v) is 3.48. The molecule has 0 amide bonds. The maximum Gasteiger partial charge on any atom is 0.0581 e. The molecule has 1 aliphatic heterocycles. The summed E-state index contributed by atoms with van der Waals surface area (Å²) >= 11 is 0. The molecule has 1 saturated heterocycles. The maximum absolute atomic E-state index is 5.75. The summed E-state index contributed by atoms with van der Waals surface area (Å²) in [5, 5.41) is 0. The van der Waals surface area contributed by atoms with Crippen LogP contribution in [0.2, 0.25) is 0 Å². The van der Waals surface area contributed by atoms with Gasteiger partial charge in [0.2, 0.25) is 0 Å². The van der Waals surface area contributed by atoms with Gasteiger partial charge in [0.15, 0.2) is 0 Å². The molecule has 0 saturated carbocycles. The summed E-state index contributed by atoms with van der Waals surface area (Å²) in [6.07, 6.45) is 6.76. The number of ether oxygens (including phenoxy) is 1. The van der Waals surface area contributed by atoms with Crippen molar-refractivity contribution in [3.05, 3.63) is 35.9 Å². The van der Waals surface area contributed by atoms with E-state index in [0.29, 0.717) is 12.0 Å². The smallest absolute Gasteiger partial charge is 0.0581 e. The standard InChI is InChI=1S/C15H22O/c1-2-7-14(12-15-10-6-11-16-15)13-8-4-3-5-9-13/h3-5,8-9,14-15H,2,6-7,10-12H2,1H3. The first-order chi connectivity index (χ1) is 7.90. The molecular weight excluding hydrogens is 196 g/mol. The predicted molar refractivity (Wildman–Crippen MR) is 67.7 cm³/mol. The van der Waals surface area contributed by atoms with Crippen LogP contribution in [0.5, 0.6) is 0 Å². The molecule has 1 heterocycles. The summed E-state index contributed by atoms with van der Waals surface area (Å²) in [7, 11) is 0. The zero-order valence-electron chi connectivity index (χ0n) is 10.2. The van der Waals surface area contributed by atoms with Gasteiger partial charge in [0.05, 0.1) is 6.10 Å². The van der Waals surface area contributed by atoms with E-state index in [-0.39, 0.29) is 0 Å². The SMILES string of the molecule is CCCC(CC1CCCO1)c1ccccc1. The number of rotatable bonds is 5. The average Bonchev–Trinajstić information content (AvgIpc) is 2.83. The lowest BCUT2D eigenvalue weighted by molar-refractivity contribution is 0.0969. The average molecular weight is 218 g/mol.